The molecule has 7 nitrogen and oxygen atoms in total. The van der Waals surface area contributed by atoms with Crippen LogP contribution in [0.2, 0.25) is 0 Å². The van der Waals surface area contributed by atoms with Crippen LogP contribution in [0, 0.1) is 5.82 Å². The Bertz CT molecular complexity index is 1130. The minimum absolute atomic E-state index is 0.100. The molecule has 30 heavy (non-hydrogen) atoms. The lowest BCUT2D eigenvalue weighted by atomic mass is 10.1. The first-order valence-electron chi connectivity index (χ1n) is 9.64. The first-order chi connectivity index (χ1) is 14.4. The molecule has 0 aliphatic carbocycles. The van der Waals surface area contributed by atoms with E-state index >= 15 is 0 Å². The quantitative estimate of drug-likeness (QED) is 0.734. The van der Waals surface area contributed by atoms with Crippen molar-refractivity contribution in [3.63, 3.8) is 0 Å². The Labute approximate surface area is 174 Å². The molecule has 0 N–H and O–H groups in total. The summed E-state index contributed by atoms with van der Waals surface area (Å²) in [5.41, 5.74) is 1.34. The van der Waals surface area contributed by atoms with E-state index in [1.165, 1.54) is 24.3 Å². The maximum atomic E-state index is 13.3. The van der Waals surface area contributed by atoms with Gasteiger partial charge in [0, 0.05) is 37.9 Å². The van der Waals surface area contributed by atoms with Crippen LogP contribution in [0.15, 0.2) is 58.6 Å². The Morgan fingerprint density at radius 1 is 1.03 bits per heavy atom. The monoisotopic (exact) mass is 428 g/mol. The Kier molecular flexibility index (Phi) is 5.38. The number of pyridine rings is 1. The SMILES string of the molecule is CC1=C(c2ccc(F)cc2)S(=O)(=O)N=C1N1CCCN(C(=O)c2ccccn2)CC1. The fourth-order valence-corrected chi connectivity index (χ4v) is 5.25. The average molecular weight is 428 g/mol. The zero-order valence-corrected chi connectivity index (χ0v) is 17.3. The highest BCUT2D eigenvalue weighted by Crippen LogP contribution is 2.33. The number of amidine groups is 1. The number of aromatic nitrogens is 1. The number of halogens is 1. The van der Waals surface area contributed by atoms with Gasteiger partial charge in [-0.15, -0.1) is 4.40 Å². The van der Waals surface area contributed by atoms with Crippen molar-refractivity contribution in [2.45, 2.75) is 13.3 Å². The molecule has 2 aromatic rings. The van der Waals surface area contributed by atoms with E-state index in [9.17, 15) is 17.6 Å². The largest absolute Gasteiger partial charge is 0.354 e. The van der Waals surface area contributed by atoms with Crippen LogP contribution < -0.4 is 0 Å². The standard InChI is InChI=1S/C21H21FN4O3S/c1-15-19(16-6-8-17(22)9-7-16)30(28,29)24-20(15)25-11-4-12-26(14-13-25)21(27)18-5-2-3-10-23-18/h2-3,5-10H,4,11-14H2,1H3. The second kappa shape index (κ2) is 7.98. The summed E-state index contributed by atoms with van der Waals surface area (Å²) < 4.78 is 42.7. The first kappa shape index (κ1) is 20.2. The van der Waals surface area contributed by atoms with Gasteiger partial charge in [-0.05, 0) is 43.2 Å². The van der Waals surface area contributed by atoms with E-state index < -0.39 is 15.8 Å². The van der Waals surface area contributed by atoms with Crippen molar-refractivity contribution in [3.05, 3.63) is 71.3 Å². The number of nitrogens with zero attached hydrogens (tertiary/aromatic N) is 4. The van der Waals surface area contributed by atoms with Crippen molar-refractivity contribution >= 4 is 26.7 Å². The predicted molar refractivity (Wildman–Crippen MR) is 112 cm³/mol. The van der Waals surface area contributed by atoms with Gasteiger partial charge in [0.05, 0.1) is 0 Å². The zero-order valence-electron chi connectivity index (χ0n) is 16.5. The number of hydrogen-bond acceptors (Lipinski definition) is 5. The van der Waals surface area contributed by atoms with Crippen molar-refractivity contribution in [1.82, 2.24) is 14.8 Å². The van der Waals surface area contributed by atoms with Gasteiger partial charge in [0.25, 0.3) is 15.9 Å². The molecule has 3 heterocycles. The molecule has 0 atom stereocenters. The lowest BCUT2D eigenvalue weighted by Crippen LogP contribution is -2.37. The Morgan fingerprint density at radius 3 is 2.50 bits per heavy atom. The molecular formula is C21H21FN4O3S. The molecule has 0 spiro atoms. The third-order valence-electron chi connectivity index (χ3n) is 5.21. The number of carbonyl (C=O) groups is 1. The van der Waals surface area contributed by atoms with Crippen LogP contribution in [0.5, 0.6) is 0 Å². The van der Waals surface area contributed by atoms with E-state index in [1.54, 1.807) is 36.2 Å². The molecule has 156 valence electrons. The van der Waals surface area contributed by atoms with Crippen molar-refractivity contribution in [2.75, 3.05) is 26.2 Å². The van der Waals surface area contributed by atoms with E-state index in [-0.39, 0.29) is 10.8 Å². The molecule has 2 aliphatic rings. The van der Waals surface area contributed by atoms with Crippen LogP contribution in [0.4, 0.5) is 4.39 Å². The van der Waals surface area contributed by atoms with Crippen LogP contribution in [0.1, 0.15) is 29.4 Å². The molecule has 4 rings (SSSR count). The molecule has 0 unspecified atom stereocenters. The summed E-state index contributed by atoms with van der Waals surface area (Å²) in [5, 5.41) is 0. The zero-order chi connectivity index (χ0) is 21.3. The normalized spacial score (nSPS) is 18.9. The summed E-state index contributed by atoms with van der Waals surface area (Å²) in [7, 11) is -3.87. The molecule has 9 heteroatoms. The minimum atomic E-state index is -3.87. The van der Waals surface area contributed by atoms with Gasteiger partial charge in [0.1, 0.15) is 22.3 Å². The Hall–Kier alpha value is -3.07. The molecule has 1 aromatic carbocycles. The lowest BCUT2D eigenvalue weighted by Gasteiger charge is -2.23. The molecule has 0 saturated carbocycles. The predicted octanol–water partition coefficient (Wildman–Crippen LogP) is 2.54. The minimum Gasteiger partial charge on any atom is -0.354 e. The fraction of sp³-hybridized carbons (Fsp3) is 0.286. The van der Waals surface area contributed by atoms with E-state index in [0.717, 1.165) is 0 Å². The van der Waals surface area contributed by atoms with Crippen LogP contribution >= 0.6 is 0 Å². The van der Waals surface area contributed by atoms with Gasteiger partial charge in [0.15, 0.2) is 0 Å². The maximum Gasteiger partial charge on any atom is 0.285 e. The third-order valence-corrected chi connectivity index (χ3v) is 6.68. The van der Waals surface area contributed by atoms with Gasteiger partial charge in [-0.25, -0.2) is 4.39 Å². The molecule has 0 radical (unpaired) electrons. The average Bonchev–Trinajstić information content (AvgIpc) is 2.90. The molecular weight excluding hydrogens is 407 g/mol. The van der Waals surface area contributed by atoms with Gasteiger partial charge in [-0.1, -0.05) is 18.2 Å². The number of amides is 1. The van der Waals surface area contributed by atoms with Crippen LogP contribution in [0.3, 0.4) is 0 Å². The summed E-state index contributed by atoms with van der Waals surface area (Å²) >= 11 is 0. The van der Waals surface area contributed by atoms with Crippen molar-refractivity contribution in [1.29, 1.82) is 0 Å². The van der Waals surface area contributed by atoms with Gasteiger partial charge >= 0.3 is 0 Å². The lowest BCUT2D eigenvalue weighted by molar-refractivity contribution is 0.0758. The summed E-state index contributed by atoms with van der Waals surface area (Å²) in [5.74, 6) is -0.183. The Morgan fingerprint density at radius 2 is 1.80 bits per heavy atom. The summed E-state index contributed by atoms with van der Waals surface area (Å²) in [6, 6.07) is 10.6. The summed E-state index contributed by atoms with van der Waals surface area (Å²) in [6.45, 7) is 3.74. The van der Waals surface area contributed by atoms with Crippen molar-refractivity contribution < 1.29 is 17.6 Å². The first-order valence-corrected chi connectivity index (χ1v) is 11.1. The highest BCUT2D eigenvalue weighted by molar-refractivity contribution is 8.00. The molecule has 1 aromatic heterocycles. The fourth-order valence-electron chi connectivity index (χ4n) is 3.77. The highest BCUT2D eigenvalue weighted by Gasteiger charge is 2.34. The van der Waals surface area contributed by atoms with E-state index in [4.69, 9.17) is 0 Å². The molecule has 1 fully saturated rings. The molecule has 2 aliphatic heterocycles. The van der Waals surface area contributed by atoms with Crippen molar-refractivity contribution in [3.8, 4) is 0 Å². The second-order valence-corrected chi connectivity index (χ2v) is 8.74. The van der Waals surface area contributed by atoms with Gasteiger partial charge in [0.2, 0.25) is 0 Å². The van der Waals surface area contributed by atoms with Crippen molar-refractivity contribution in [2.24, 2.45) is 4.40 Å². The maximum absolute atomic E-state index is 13.3. The number of rotatable bonds is 2. The number of hydrogen-bond donors (Lipinski definition) is 0. The molecule has 1 amide bonds. The van der Waals surface area contributed by atoms with Gasteiger partial charge < -0.3 is 9.80 Å². The highest BCUT2D eigenvalue weighted by atomic mass is 32.2. The Balaban J connectivity index is 1.56. The van der Waals surface area contributed by atoms with E-state index in [0.29, 0.717) is 55.3 Å². The van der Waals surface area contributed by atoms with Gasteiger partial charge in [-0.2, -0.15) is 8.42 Å². The van der Waals surface area contributed by atoms with Crippen LogP contribution in [0.25, 0.3) is 4.91 Å². The van der Waals surface area contributed by atoms with Gasteiger partial charge in [-0.3, -0.25) is 9.78 Å². The van der Waals surface area contributed by atoms with E-state index in [2.05, 4.69) is 9.38 Å². The number of carbonyl (C=O) groups excluding carboxylic acids is 1. The smallest absolute Gasteiger partial charge is 0.285 e. The second-order valence-electron chi connectivity index (χ2n) is 7.20. The third kappa shape index (κ3) is 3.85. The summed E-state index contributed by atoms with van der Waals surface area (Å²) in [4.78, 5) is 20.5. The molecule has 0 bridgehead atoms. The van der Waals surface area contributed by atoms with Crippen LogP contribution in [-0.4, -0.2) is 61.1 Å². The molecule has 1 saturated heterocycles. The van der Waals surface area contributed by atoms with E-state index in [1.807, 2.05) is 4.90 Å². The number of benzene rings is 1. The topological polar surface area (TPSA) is 82.9 Å². The summed E-state index contributed by atoms with van der Waals surface area (Å²) in [6.07, 6.45) is 2.26. The van der Waals surface area contributed by atoms with Crippen LogP contribution in [-0.2, 0) is 10.0 Å². The number of sulfonamides is 1.